The zero-order valence-corrected chi connectivity index (χ0v) is 24.0. The average Bonchev–Trinajstić information content (AvgIpc) is 2.95. The Hall–Kier alpha value is -3.76. The Labute approximate surface area is 239 Å². The molecule has 9 nitrogen and oxygen atoms in total. The van der Waals surface area contributed by atoms with Gasteiger partial charge in [-0.2, -0.15) is 0 Å². The Morgan fingerprint density at radius 3 is 2.42 bits per heavy atom. The number of hydrogen-bond acceptors (Lipinski definition) is 9. The summed E-state index contributed by atoms with van der Waals surface area (Å²) in [5.41, 5.74) is 10.3. The van der Waals surface area contributed by atoms with Gasteiger partial charge in [0.05, 0.1) is 13.2 Å². The zero-order valence-electron chi connectivity index (χ0n) is 23.2. The van der Waals surface area contributed by atoms with Gasteiger partial charge in [0.25, 0.3) is 0 Å². The molecule has 3 aromatic rings. The first-order valence-electron chi connectivity index (χ1n) is 13.5. The molecule has 2 aliphatic heterocycles. The van der Waals surface area contributed by atoms with Gasteiger partial charge in [0.15, 0.2) is 0 Å². The molecule has 3 heterocycles. The first kappa shape index (κ1) is 27.8. The van der Waals surface area contributed by atoms with Crippen molar-refractivity contribution in [3.8, 4) is 0 Å². The predicted octanol–water partition coefficient (Wildman–Crippen LogP) is 5.81. The highest BCUT2D eigenvalue weighted by atomic mass is 32.2. The van der Waals surface area contributed by atoms with Crippen LogP contribution in [0.5, 0.6) is 0 Å². The molecular formula is C30H36N6O3S. The van der Waals surface area contributed by atoms with Crippen molar-refractivity contribution in [3.05, 3.63) is 66.4 Å². The van der Waals surface area contributed by atoms with Gasteiger partial charge in [-0.1, -0.05) is 17.8 Å². The average molecular weight is 561 g/mol. The highest BCUT2D eigenvalue weighted by Crippen LogP contribution is 2.35. The quantitative estimate of drug-likeness (QED) is 0.285. The molecule has 1 aromatic heterocycles. The third kappa shape index (κ3) is 7.25. The van der Waals surface area contributed by atoms with Gasteiger partial charge in [-0.05, 0) is 81.3 Å². The SMILES string of the molecule is CC(C)(C)OC(=O)N1CC=C(c2cnc(Nc3ccc(N4CCOCC4)cc3)nc2Sc2ccc(N)cc2)CC1. The molecule has 2 aliphatic rings. The fraction of sp³-hybridized carbons (Fsp3) is 0.367. The molecule has 0 spiro atoms. The number of nitrogens with one attached hydrogen (secondary N) is 1. The fourth-order valence-corrected chi connectivity index (χ4v) is 5.41. The van der Waals surface area contributed by atoms with Crippen LogP contribution in [0, 0.1) is 0 Å². The molecule has 1 amide bonds. The molecule has 2 aromatic carbocycles. The third-order valence-electron chi connectivity index (χ3n) is 6.55. The minimum absolute atomic E-state index is 0.297. The van der Waals surface area contributed by atoms with Crippen molar-refractivity contribution in [3.63, 3.8) is 0 Å². The Balaban J connectivity index is 1.35. The zero-order chi connectivity index (χ0) is 28.1. The van der Waals surface area contributed by atoms with Gasteiger partial charge in [0, 0.05) is 59.9 Å². The van der Waals surface area contributed by atoms with Crippen molar-refractivity contribution in [2.24, 2.45) is 0 Å². The summed E-state index contributed by atoms with van der Waals surface area (Å²) in [4.78, 5) is 27.2. The summed E-state index contributed by atoms with van der Waals surface area (Å²) in [6, 6.07) is 16.1. The van der Waals surface area contributed by atoms with Gasteiger partial charge < -0.3 is 30.3 Å². The molecule has 0 radical (unpaired) electrons. The van der Waals surface area contributed by atoms with E-state index in [1.807, 2.05) is 63.4 Å². The Morgan fingerprint density at radius 1 is 1.05 bits per heavy atom. The smallest absolute Gasteiger partial charge is 0.410 e. The van der Waals surface area contributed by atoms with Crippen molar-refractivity contribution in [2.45, 2.75) is 42.7 Å². The lowest BCUT2D eigenvalue weighted by atomic mass is 10.0. The number of morpholine rings is 1. The van der Waals surface area contributed by atoms with Gasteiger partial charge in [0.1, 0.15) is 10.6 Å². The number of nitrogens with zero attached hydrogens (tertiary/aromatic N) is 4. The van der Waals surface area contributed by atoms with E-state index in [0.29, 0.717) is 31.1 Å². The largest absolute Gasteiger partial charge is 0.444 e. The van der Waals surface area contributed by atoms with Crippen LogP contribution in [-0.2, 0) is 9.47 Å². The molecule has 0 aliphatic carbocycles. The second kappa shape index (κ2) is 12.2. The van der Waals surface area contributed by atoms with Crippen molar-refractivity contribution in [1.82, 2.24) is 14.9 Å². The monoisotopic (exact) mass is 560 g/mol. The number of carbonyl (C=O) groups excluding carboxylic acids is 1. The van der Waals surface area contributed by atoms with E-state index in [-0.39, 0.29) is 6.09 Å². The molecule has 210 valence electrons. The van der Waals surface area contributed by atoms with Crippen LogP contribution in [0.15, 0.2) is 70.7 Å². The third-order valence-corrected chi connectivity index (χ3v) is 7.57. The van der Waals surface area contributed by atoms with Crippen LogP contribution in [0.25, 0.3) is 5.57 Å². The van der Waals surface area contributed by atoms with E-state index < -0.39 is 5.60 Å². The van der Waals surface area contributed by atoms with Gasteiger partial charge >= 0.3 is 6.09 Å². The van der Waals surface area contributed by atoms with E-state index in [1.165, 1.54) is 5.69 Å². The van der Waals surface area contributed by atoms with Crippen LogP contribution < -0.4 is 16.0 Å². The normalized spacial score (nSPS) is 15.9. The van der Waals surface area contributed by atoms with Crippen molar-refractivity contribution in [2.75, 3.05) is 55.3 Å². The second-order valence-corrected chi connectivity index (χ2v) is 11.8. The van der Waals surface area contributed by atoms with Crippen molar-refractivity contribution < 1.29 is 14.3 Å². The number of nitrogen functional groups attached to an aromatic ring is 1. The molecule has 0 bridgehead atoms. The minimum Gasteiger partial charge on any atom is -0.444 e. The van der Waals surface area contributed by atoms with Crippen LogP contribution in [0.4, 0.5) is 27.8 Å². The second-order valence-electron chi connectivity index (χ2n) is 10.8. The summed E-state index contributed by atoms with van der Waals surface area (Å²) in [7, 11) is 0. The number of carbonyl (C=O) groups is 1. The highest BCUT2D eigenvalue weighted by Gasteiger charge is 2.25. The van der Waals surface area contributed by atoms with E-state index in [9.17, 15) is 4.79 Å². The number of anilines is 4. The Bertz CT molecular complexity index is 1350. The van der Waals surface area contributed by atoms with Crippen LogP contribution in [-0.4, -0.2) is 66.0 Å². The molecule has 1 fully saturated rings. The maximum absolute atomic E-state index is 12.5. The number of hydrogen-bond donors (Lipinski definition) is 2. The first-order chi connectivity index (χ1) is 19.2. The molecule has 0 saturated carbocycles. The van der Waals surface area contributed by atoms with Crippen LogP contribution >= 0.6 is 11.8 Å². The molecule has 0 unspecified atom stereocenters. The first-order valence-corrected chi connectivity index (χ1v) is 14.3. The molecular weight excluding hydrogens is 524 g/mol. The topological polar surface area (TPSA) is 106 Å². The van der Waals surface area contributed by atoms with Crippen LogP contribution in [0.3, 0.4) is 0 Å². The van der Waals surface area contributed by atoms with E-state index in [4.69, 9.17) is 20.2 Å². The fourth-order valence-electron chi connectivity index (χ4n) is 4.48. The summed E-state index contributed by atoms with van der Waals surface area (Å²) >= 11 is 1.57. The number of ether oxygens (including phenoxy) is 2. The van der Waals surface area contributed by atoms with Crippen molar-refractivity contribution in [1.29, 1.82) is 0 Å². The summed E-state index contributed by atoms with van der Waals surface area (Å²) < 4.78 is 11.0. The predicted molar refractivity (Wildman–Crippen MR) is 160 cm³/mol. The standard InChI is InChI=1S/C30H36N6O3S/c1-30(2,3)39-29(37)36-14-12-21(13-15-36)26-20-32-28(34-27(26)40-25-10-4-22(31)5-11-25)33-23-6-8-24(9-7-23)35-16-18-38-19-17-35/h4-12,20H,13-19,31H2,1-3H3,(H,32,33,34). The number of rotatable bonds is 6. The molecule has 40 heavy (non-hydrogen) atoms. The molecule has 3 N–H and O–H groups in total. The minimum atomic E-state index is -0.524. The summed E-state index contributed by atoms with van der Waals surface area (Å²) in [5, 5.41) is 4.19. The van der Waals surface area contributed by atoms with E-state index in [1.54, 1.807) is 16.7 Å². The number of benzene rings is 2. The maximum Gasteiger partial charge on any atom is 0.410 e. The summed E-state index contributed by atoms with van der Waals surface area (Å²) in [6.45, 7) is 9.98. The lowest BCUT2D eigenvalue weighted by molar-refractivity contribution is 0.0270. The van der Waals surface area contributed by atoms with Gasteiger partial charge in [-0.25, -0.2) is 14.8 Å². The van der Waals surface area contributed by atoms with Gasteiger partial charge in [-0.3, -0.25) is 0 Å². The lowest BCUT2D eigenvalue weighted by Crippen LogP contribution is -2.39. The summed E-state index contributed by atoms with van der Waals surface area (Å²) in [5.74, 6) is 0.521. The summed E-state index contributed by atoms with van der Waals surface area (Å²) in [6.07, 6.45) is 4.32. The van der Waals surface area contributed by atoms with E-state index in [2.05, 4.69) is 33.4 Å². The molecule has 1 saturated heterocycles. The van der Waals surface area contributed by atoms with E-state index in [0.717, 1.165) is 53.0 Å². The van der Waals surface area contributed by atoms with Gasteiger partial charge in [-0.15, -0.1) is 0 Å². The lowest BCUT2D eigenvalue weighted by Gasteiger charge is -2.29. The molecule has 10 heteroatoms. The number of amides is 1. The van der Waals surface area contributed by atoms with Crippen LogP contribution in [0.1, 0.15) is 32.8 Å². The van der Waals surface area contributed by atoms with Gasteiger partial charge in [0.2, 0.25) is 5.95 Å². The highest BCUT2D eigenvalue weighted by molar-refractivity contribution is 7.99. The molecule has 0 atom stereocenters. The maximum atomic E-state index is 12.5. The Kier molecular flexibility index (Phi) is 8.46. The number of nitrogens with two attached hydrogens (primary N) is 1. The number of aromatic nitrogens is 2. The van der Waals surface area contributed by atoms with E-state index >= 15 is 0 Å². The van der Waals surface area contributed by atoms with Crippen molar-refractivity contribution >= 4 is 46.4 Å². The Morgan fingerprint density at radius 2 is 1.77 bits per heavy atom. The molecule has 5 rings (SSSR count). The van der Waals surface area contributed by atoms with Crippen LogP contribution in [0.2, 0.25) is 0 Å².